The van der Waals surface area contributed by atoms with Crippen LogP contribution in [0.4, 0.5) is 10.1 Å². The molecule has 1 saturated heterocycles. The van der Waals surface area contributed by atoms with E-state index in [1.54, 1.807) is 0 Å². The standard InChI is InChI=1S/C23H30FN3O4S/c1-16-13-27(14-17(2)31-16)23(3,4)15-25-22(28)18-9-11-19(12-10-18)32(29,30)26-21-8-6-5-7-20(21)24/h5-12,16-17,26H,13-15H2,1-4H3,(H,25,28). The summed E-state index contributed by atoms with van der Waals surface area (Å²) in [6, 6.07) is 11.1. The molecule has 0 radical (unpaired) electrons. The number of anilines is 1. The van der Waals surface area contributed by atoms with Crippen molar-refractivity contribution in [3.05, 3.63) is 59.9 Å². The second-order valence-electron chi connectivity index (χ2n) is 8.77. The van der Waals surface area contributed by atoms with Gasteiger partial charge in [-0.05, 0) is 64.1 Å². The molecule has 1 amide bonds. The Morgan fingerprint density at radius 2 is 1.69 bits per heavy atom. The van der Waals surface area contributed by atoms with E-state index < -0.39 is 15.8 Å². The van der Waals surface area contributed by atoms with Crippen LogP contribution >= 0.6 is 0 Å². The van der Waals surface area contributed by atoms with Crippen molar-refractivity contribution in [2.75, 3.05) is 24.4 Å². The van der Waals surface area contributed by atoms with E-state index in [4.69, 9.17) is 4.74 Å². The Labute approximate surface area is 189 Å². The molecule has 0 spiro atoms. The molecule has 2 atom stereocenters. The Bertz CT molecular complexity index is 1050. The van der Waals surface area contributed by atoms with Crippen LogP contribution in [0.5, 0.6) is 0 Å². The second kappa shape index (κ2) is 9.56. The van der Waals surface area contributed by atoms with Crippen LogP contribution in [0.15, 0.2) is 53.4 Å². The first-order valence-electron chi connectivity index (χ1n) is 10.5. The zero-order valence-corrected chi connectivity index (χ0v) is 19.6. The van der Waals surface area contributed by atoms with Gasteiger partial charge in [-0.3, -0.25) is 14.4 Å². The molecule has 1 aliphatic heterocycles. The number of rotatable bonds is 7. The first kappa shape index (κ1) is 24.2. The van der Waals surface area contributed by atoms with Crippen LogP contribution in [0.3, 0.4) is 0 Å². The van der Waals surface area contributed by atoms with Gasteiger partial charge in [0.2, 0.25) is 0 Å². The number of amides is 1. The summed E-state index contributed by atoms with van der Waals surface area (Å²) >= 11 is 0. The van der Waals surface area contributed by atoms with E-state index in [-0.39, 0.29) is 34.2 Å². The molecule has 1 aliphatic rings. The SMILES string of the molecule is CC1CN(C(C)(C)CNC(=O)c2ccc(S(=O)(=O)Nc3ccccc3F)cc2)CC(C)O1. The summed E-state index contributed by atoms with van der Waals surface area (Å²) in [6.07, 6.45) is 0.252. The maximum absolute atomic E-state index is 13.8. The second-order valence-corrected chi connectivity index (χ2v) is 10.4. The molecule has 2 unspecified atom stereocenters. The highest BCUT2D eigenvalue weighted by Gasteiger charge is 2.33. The van der Waals surface area contributed by atoms with E-state index in [0.717, 1.165) is 13.1 Å². The highest BCUT2D eigenvalue weighted by molar-refractivity contribution is 7.92. The molecule has 3 rings (SSSR count). The van der Waals surface area contributed by atoms with Gasteiger partial charge < -0.3 is 10.1 Å². The molecule has 2 aromatic rings. The fourth-order valence-electron chi connectivity index (χ4n) is 3.72. The molecule has 174 valence electrons. The van der Waals surface area contributed by atoms with Gasteiger partial charge in [0, 0.05) is 30.7 Å². The number of hydrogen-bond donors (Lipinski definition) is 2. The quantitative estimate of drug-likeness (QED) is 0.658. The molecule has 7 nitrogen and oxygen atoms in total. The molecule has 9 heteroatoms. The summed E-state index contributed by atoms with van der Waals surface area (Å²) < 4.78 is 46.8. The number of nitrogens with one attached hydrogen (secondary N) is 2. The summed E-state index contributed by atoms with van der Waals surface area (Å²) in [5.41, 5.74) is -0.0628. The Hall–Kier alpha value is -2.49. The number of benzene rings is 2. The van der Waals surface area contributed by atoms with Gasteiger partial charge in [0.05, 0.1) is 22.8 Å². The summed E-state index contributed by atoms with van der Waals surface area (Å²) in [5.74, 6) is -0.961. The Kier molecular flexibility index (Phi) is 7.22. The zero-order chi connectivity index (χ0) is 23.5. The molecule has 1 heterocycles. The zero-order valence-electron chi connectivity index (χ0n) is 18.8. The van der Waals surface area contributed by atoms with Gasteiger partial charge in [-0.1, -0.05) is 12.1 Å². The van der Waals surface area contributed by atoms with Gasteiger partial charge >= 0.3 is 0 Å². The lowest BCUT2D eigenvalue weighted by Crippen LogP contribution is -2.58. The van der Waals surface area contributed by atoms with Crippen LogP contribution in [0, 0.1) is 5.82 Å². The van der Waals surface area contributed by atoms with Crippen LogP contribution in [0.25, 0.3) is 0 Å². The van der Waals surface area contributed by atoms with Crippen LogP contribution < -0.4 is 10.0 Å². The number of nitrogens with zero attached hydrogens (tertiary/aromatic N) is 1. The molecule has 1 fully saturated rings. The number of para-hydroxylation sites is 1. The number of carbonyl (C=O) groups excluding carboxylic acids is 1. The largest absolute Gasteiger partial charge is 0.373 e. The maximum Gasteiger partial charge on any atom is 0.261 e. The van der Waals surface area contributed by atoms with Gasteiger partial charge in [-0.25, -0.2) is 12.8 Å². The molecule has 32 heavy (non-hydrogen) atoms. The average Bonchev–Trinajstić information content (AvgIpc) is 2.73. The fraction of sp³-hybridized carbons (Fsp3) is 0.435. The number of halogens is 1. The number of ether oxygens (including phenoxy) is 1. The van der Waals surface area contributed by atoms with Gasteiger partial charge in [-0.15, -0.1) is 0 Å². The van der Waals surface area contributed by atoms with E-state index in [0.29, 0.717) is 12.1 Å². The number of carbonyl (C=O) groups is 1. The lowest BCUT2D eigenvalue weighted by Gasteiger charge is -2.45. The lowest BCUT2D eigenvalue weighted by molar-refractivity contribution is -0.0948. The van der Waals surface area contributed by atoms with Gasteiger partial charge in [0.15, 0.2) is 0 Å². The van der Waals surface area contributed by atoms with Crippen molar-refractivity contribution in [1.29, 1.82) is 0 Å². The molecule has 0 aromatic heterocycles. The van der Waals surface area contributed by atoms with Crippen molar-refractivity contribution in [2.24, 2.45) is 0 Å². The van der Waals surface area contributed by atoms with Crippen molar-refractivity contribution < 1.29 is 22.3 Å². The minimum atomic E-state index is -3.98. The fourth-order valence-corrected chi connectivity index (χ4v) is 4.78. The van der Waals surface area contributed by atoms with E-state index in [1.165, 1.54) is 48.5 Å². The highest BCUT2D eigenvalue weighted by atomic mass is 32.2. The topological polar surface area (TPSA) is 87.7 Å². The van der Waals surface area contributed by atoms with E-state index in [1.807, 2.05) is 13.8 Å². The van der Waals surface area contributed by atoms with Gasteiger partial charge in [0.25, 0.3) is 15.9 Å². The first-order valence-corrected chi connectivity index (χ1v) is 12.0. The average molecular weight is 464 g/mol. The number of sulfonamides is 1. The molecule has 2 aromatic carbocycles. The Balaban J connectivity index is 1.63. The van der Waals surface area contributed by atoms with Crippen LogP contribution in [-0.4, -0.2) is 56.6 Å². The maximum atomic E-state index is 13.8. The Morgan fingerprint density at radius 1 is 1.09 bits per heavy atom. The predicted octanol–water partition coefficient (Wildman–Crippen LogP) is 3.24. The van der Waals surface area contributed by atoms with Gasteiger partial charge in [0.1, 0.15) is 5.82 Å². The molecule has 0 bridgehead atoms. The molecule has 0 aliphatic carbocycles. The molecular weight excluding hydrogens is 433 g/mol. The van der Waals surface area contributed by atoms with Crippen molar-refractivity contribution in [3.8, 4) is 0 Å². The first-order chi connectivity index (χ1) is 15.0. The van der Waals surface area contributed by atoms with Crippen LogP contribution in [0.2, 0.25) is 0 Å². The van der Waals surface area contributed by atoms with Crippen LogP contribution in [-0.2, 0) is 14.8 Å². The summed E-state index contributed by atoms with van der Waals surface area (Å²) in [7, 11) is -3.98. The molecule has 0 saturated carbocycles. The minimum Gasteiger partial charge on any atom is -0.373 e. The minimum absolute atomic E-state index is 0.0612. The summed E-state index contributed by atoms with van der Waals surface area (Å²) in [5, 5.41) is 2.94. The smallest absolute Gasteiger partial charge is 0.261 e. The van der Waals surface area contributed by atoms with Crippen molar-refractivity contribution in [3.63, 3.8) is 0 Å². The monoisotopic (exact) mass is 463 g/mol. The lowest BCUT2D eigenvalue weighted by atomic mass is 10.00. The predicted molar refractivity (Wildman–Crippen MR) is 122 cm³/mol. The molecule has 2 N–H and O–H groups in total. The van der Waals surface area contributed by atoms with Crippen molar-refractivity contribution >= 4 is 21.6 Å². The summed E-state index contributed by atoms with van der Waals surface area (Å²) in [4.78, 5) is 14.9. The third kappa shape index (κ3) is 5.85. The number of hydrogen-bond acceptors (Lipinski definition) is 5. The van der Waals surface area contributed by atoms with E-state index >= 15 is 0 Å². The highest BCUT2D eigenvalue weighted by Crippen LogP contribution is 2.22. The van der Waals surface area contributed by atoms with E-state index in [9.17, 15) is 17.6 Å². The van der Waals surface area contributed by atoms with Gasteiger partial charge in [-0.2, -0.15) is 0 Å². The third-order valence-corrected chi connectivity index (χ3v) is 6.88. The van der Waals surface area contributed by atoms with E-state index in [2.05, 4.69) is 28.8 Å². The van der Waals surface area contributed by atoms with Crippen molar-refractivity contribution in [1.82, 2.24) is 10.2 Å². The third-order valence-electron chi connectivity index (χ3n) is 5.50. The molecular formula is C23H30FN3O4S. The Morgan fingerprint density at radius 3 is 2.28 bits per heavy atom. The van der Waals surface area contributed by atoms with Crippen LogP contribution in [0.1, 0.15) is 38.1 Å². The normalized spacial score (nSPS) is 20.0. The number of morpholine rings is 1. The summed E-state index contributed by atoms with van der Waals surface area (Å²) in [6.45, 7) is 10.2. The van der Waals surface area contributed by atoms with Crippen molar-refractivity contribution in [2.45, 2.75) is 50.3 Å².